The average Bonchev–Trinajstić information content (AvgIpc) is 3.43. The lowest BCUT2D eigenvalue weighted by molar-refractivity contribution is -0.122. The van der Waals surface area contributed by atoms with Crippen LogP contribution in [0.1, 0.15) is 38.1 Å². The normalized spacial score (nSPS) is 22.7. The second-order valence-corrected chi connectivity index (χ2v) is 9.94. The summed E-state index contributed by atoms with van der Waals surface area (Å²) in [6, 6.07) is 3.47. The molecule has 0 radical (unpaired) electrons. The lowest BCUT2D eigenvalue weighted by atomic mass is 9.85. The number of nitrogens with zero attached hydrogens (tertiary/aromatic N) is 4. The maximum atomic E-state index is 11.7. The summed E-state index contributed by atoms with van der Waals surface area (Å²) in [7, 11) is 0. The molecule has 2 aromatic heterocycles. The number of carbonyl (C=O) groups is 1. The number of imidazole rings is 1. The lowest BCUT2D eigenvalue weighted by Crippen LogP contribution is -2.29. The molecule has 12 heteroatoms. The molecule has 1 aromatic carbocycles. The van der Waals surface area contributed by atoms with Crippen molar-refractivity contribution in [2.45, 2.75) is 44.2 Å². The molecule has 1 aliphatic carbocycles. The van der Waals surface area contributed by atoms with E-state index in [0.717, 1.165) is 25.9 Å². The molecule has 3 heterocycles. The molecule has 1 atom stereocenters. The largest absolute Gasteiger partial charge is 0.379 e. The highest BCUT2D eigenvalue weighted by Crippen LogP contribution is 2.40. The fraction of sp³-hybridized carbons (Fsp3) is 0.455. The summed E-state index contributed by atoms with van der Waals surface area (Å²) in [5, 5.41) is 7.82. The van der Waals surface area contributed by atoms with Gasteiger partial charge in [-0.2, -0.15) is 4.98 Å². The summed E-state index contributed by atoms with van der Waals surface area (Å²) >= 11 is 18.9. The van der Waals surface area contributed by atoms with E-state index in [0.29, 0.717) is 63.3 Å². The molecule has 9 nitrogen and oxygen atoms in total. The molecule has 1 amide bonds. The third-order valence-electron chi connectivity index (χ3n) is 6.40. The van der Waals surface area contributed by atoms with Gasteiger partial charge in [-0.05, 0) is 44.2 Å². The Kier molecular flexibility index (Phi) is 6.70. The van der Waals surface area contributed by atoms with Crippen molar-refractivity contribution in [2.24, 2.45) is 11.7 Å². The summed E-state index contributed by atoms with van der Waals surface area (Å²) in [5.74, 6) is 0.694. The van der Waals surface area contributed by atoms with Crippen molar-refractivity contribution in [1.29, 1.82) is 0 Å². The number of primary amides is 1. The van der Waals surface area contributed by atoms with E-state index in [9.17, 15) is 4.79 Å². The number of carbonyl (C=O) groups excluding carboxylic acids is 1. The summed E-state index contributed by atoms with van der Waals surface area (Å²) in [6.07, 6.45) is 5.53. The molecule has 1 saturated heterocycles. The topological polar surface area (TPSA) is 120 Å². The van der Waals surface area contributed by atoms with Crippen LogP contribution >= 0.6 is 34.8 Å². The van der Waals surface area contributed by atoms with E-state index in [2.05, 4.69) is 15.6 Å². The molecule has 1 saturated carbocycles. The predicted molar refractivity (Wildman–Crippen MR) is 133 cm³/mol. The summed E-state index contributed by atoms with van der Waals surface area (Å²) in [4.78, 5) is 25.7. The minimum absolute atomic E-state index is 0.0607. The number of halogens is 3. The molecule has 0 unspecified atom stereocenters. The van der Waals surface area contributed by atoms with E-state index in [1.165, 1.54) is 0 Å². The number of fused-ring (bicyclic) bond motifs is 1. The van der Waals surface area contributed by atoms with Gasteiger partial charge in [0.2, 0.25) is 17.8 Å². The maximum Gasteiger partial charge on any atom is 0.225 e. The Morgan fingerprint density at radius 1 is 1.09 bits per heavy atom. The lowest BCUT2D eigenvalue weighted by Gasteiger charge is -2.29. The van der Waals surface area contributed by atoms with Crippen molar-refractivity contribution in [2.75, 3.05) is 23.8 Å². The molecular formula is C22H24Cl3N7O2. The Hall–Kier alpha value is -2.33. The molecule has 0 bridgehead atoms. The summed E-state index contributed by atoms with van der Waals surface area (Å²) in [5.41, 5.74) is 7.37. The van der Waals surface area contributed by atoms with Crippen LogP contribution in [0.15, 0.2) is 18.3 Å². The monoisotopic (exact) mass is 523 g/mol. The van der Waals surface area contributed by atoms with Crippen LogP contribution in [0.2, 0.25) is 15.1 Å². The van der Waals surface area contributed by atoms with E-state index < -0.39 is 0 Å². The van der Waals surface area contributed by atoms with Crippen molar-refractivity contribution >= 4 is 69.5 Å². The molecule has 5 rings (SSSR count). The molecule has 2 fully saturated rings. The standard InChI is InChI=1S/C22H24Cl3N7O2/c23-12-7-15(24)18(16(25)8-12)30-22-29-17-9-27-21(28-13-5-6-34-10-13)31-20(17)32(22)14-3-1-11(2-4-14)19(26)33/h7-9,11,13-14H,1-6,10H2,(H2,26,33)(H,29,30)(H,27,28,31)/t11?,13-,14?/m1/s1. The van der Waals surface area contributed by atoms with Crippen molar-refractivity contribution < 1.29 is 9.53 Å². The third kappa shape index (κ3) is 4.75. The van der Waals surface area contributed by atoms with Gasteiger partial charge in [0.05, 0.1) is 34.6 Å². The molecule has 4 N–H and O–H groups in total. The Labute approximate surface area is 211 Å². The van der Waals surface area contributed by atoms with Crippen LogP contribution in [0.4, 0.5) is 17.6 Å². The number of aromatic nitrogens is 4. The van der Waals surface area contributed by atoms with Crippen molar-refractivity contribution in [1.82, 2.24) is 19.5 Å². The SMILES string of the molecule is NC(=O)C1CCC(n2c(Nc3c(Cl)cc(Cl)cc3Cl)nc3cnc(N[C@@H]4CCOC4)nc32)CC1. The zero-order valence-electron chi connectivity index (χ0n) is 18.2. The number of ether oxygens (including phenoxy) is 1. The number of rotatable bonds is 6. The Morgan fingerprint density at radius 3 is 2.47 bits per heavy atom. The van der Waals surface area contributed by atoms with Gasteiger partial charge in [-0.15, -0.1) is 0 Å². The van der Waals surface area contributed by atoms with Gasteiger partial charge in [0, 0.05) is 23.6 Å². The quantitative estimate of drug-likeness (QED) is 0.417. The molecule has 2 aliphatic rings. The average molecular weight is 525 g/mol. The van der Waals surface area contributed by atoms with Gasteiger partial charge in [0.25, 0.3) is 0 Å². The van der Waals surface area contributed by atoms with E-state index in [-0.39, 0.29) is 23.9 Å². The first kappa shape index (κ1) is 23.4. The molecular weight excluding hydrogens is 501 g/mol. The smallest absolute Gasteiger partial charge is 0.225 e. The molecule has 0 spiro atoms. The first-order chi connectivity index (χ1) is 16.4. The molecule has 180 valence electrons. The molecule has 34 heavy (non-hydrogen) atoms. The first-order valence-corrected chi connectivity index (χ1v) is 12.3. The first-order valence-electron chi connectivity index (χ1n) is 11.2. The number of amides is 1. The fourth-order valence-corrected chi connectivity index (χ4v) is 5.53. The van der Waals surface area contributed by atoms with Crippen LogP contribution in [0.5, 0.6) is 0 Å². The van der Waals surface area contributed by atoms with Crippen LogP contribution in [0.3, 0.4) is 0 Å². The highest BCUT2D eigenvalue weighted by molar-refractivity contribution is 6.41. The fourth-order valence-electron chi connectivity index (χ4n) is 4.62. The molecule has 1 aliphatic heterocycles. The highest BCUT2D eigenvalue weighted by Gasteiger charge is 2.29. The van der Waals surface area contributed by atoms with Gasteiger partial charge in [0.1, 0.15) is 5.52 Å². The van der Waals surface area contributed by atoms with Gasteiger partial charge in [-0.1, -0.05) is 34.8 Å². The number of hydrogen-bond donors (Lipinski definition) is 3. The second-order valence-electron chi connectivity index (χ2n) is 8.69. The number of nitrogens with one attached hydrogen (secondary N) is 2. The Morgan fingerprint density at radius 2 is 1.82 bits per heavy atom. The van der Waals surface area contributed by atoms with Crippen molar-refractivity contribution in [3.63, 3.8) is 0 Å². The summed E-state index contributed by atoms with van der Waals surface area (Å²) < 4.78 is 7.50. The zero-order valence-corrected chi connectivity index (χ0v) is 20.5. The van der Waals surface area contributed by atoms with Crippen LogP contribution in [0.25, 0.3) is 11.2 Å². The van der Waals surface area contributed by atoms with E-state index in [1.807, 2.05) is 4.57 Å². The van der Waals surface area contributed by atoms with Gasteiger partial charge in [0.15, 0.2) is 5.65 Å². The Bertz CT molecular complexity index is 1200. The molecule has 3 aromatic rings. The third-order valence-corrected chi connectivity index (χ3v) is 7.22. The number of hydrogen-bond acceptors (Lipinski definition) is 7. The van der Waals surface area contributed by atoms with Crippen LogP contribution in [-0.4, -0.2) is 44.7 Å². The van der Waals surface area contributed by atoms with Gasteiger partial charge < -0.3 is 21.1 Å². The maximum absolute atomic E-state index is 11.7. The minimum Gasteiger partial charge on any atom is -0.379 e. The van der Waals surface area contributed by atoms with Crippen LogP contribution < -0.4 is 16.4 Å². The highest BCUT2D eigenvalue weighted by atomic mass is 35.5. The van der Waals surface area contributed by atoms with Gasteiger partial charge in [-0.3, -0.25) is 9.36 Å². The Balaban J connectivity index is 1.54. The van der Waals surface area contributed by atoms with Crippen LogP contribution in [-0.2, 0) is 9.53 Å². The summed E-state index contributed by atoms with van der Waals surface area (Å²) in [6.45, 7) is 1.34. The minimum atomic E-state index is -0.250. The zero-order chi connectivity index (χ0) is 23.8. The van der Waals surface area contributed by atoms with Crippen LogP contribution in [0, 0.1) is 5.92 Å². The van der Waals surface area contributed by atoms with E-state index in [1.54, 1.807) is 18.3 Å². The van der Waals surface area contributed by atoms with Crippen molar-refractivity contribution in [3.8, 4) is 0 Å². The predicted octanol–water partition coefficient (Wildman–Crippen LogP) is 4.95. The number of benzene rings is 1. The van der Waals surface area contributed by atoms with Crippen molar-refractivity contribution in [3.05, 3.63) is 33.4 Å². The van der Waals surface area contributed by atoms with Gasteiger partial charge in [-0.25, -0.2) is 9.97 Å². The second kappa shape index (κ2) is 9.73. The van der Waals surface area contributed by atoms with E-state index in [4.69, 9.17) is 55.2 Å². The number of nitrogens with two attached hydrogens (primary N) is 1. The van der Waals surface area contributed by atoms with E-state index >= 15 is 0 Å². The number of anilines is 3. The van der Waals surface area contributed by atoms with Gasteiger partial charge >= 0.3 is 0 Å².